The molecule has 2 aromatic carbocycles. The van der Waals surface area contributed by atoms with E-state index in [0.717, 1.165) is 11.6 Å². The highest BCUT2D eigenvalue weighted by Crippen LogP contribution is 2.23. The van der Waals surface area contributed by atoms with Gasteiger partial charge in [-0.15, -0.1) is 0 Å². The lowest BCUT2D eigenvalue weighted by Crippen LogP contribution is -2.31. The molecule has 0 saturated carbocycles. The van der Waals surface area contributed by atoms with Gasteiger partial charge >= 0.3 is 5.97 Å². The Morgan fingerprint density at radius 1 is 1.10 bits per heavy atom. The molecule has 1 amide bonds. The summed E-state index contributed by atoms with van der Waals surface area (Å²) in [6.07, 6.45) is 3.20. The van der Waals surface area contributed by atoms with E-state index in [9.17, 15) is 14.0 Å². The molecule has 0 N–H and O–H groups in total. The van der Waals surface area contributed by atoms with E-state index < -0.39 is 17.7 Å². The van der Waals surface area contributed by atoms with E-state index in [1.165, 1.54) is 17.0 Å². The fraction of sp³-hybridized carbons (Fsp3) is 0.130. The molecule has 0 aliphatic rings. The summed E-state index contributed by atoms with van der Waals surface area (Å²) in [4.78, 5) is 30.4. The molecule has 3 aromatic rings. The smallest absolute Gasteiger partial charge is 0.338 e. The Bertz CT molecular complexity index is 1090. The number of carbonyl (C=O) groups excluding carboxylic acids is 2. The summed E-state index contributed by atoms with van der Waals surface area (Å²) in [5.41, 5.74) is 1.60. The minimum Gasteiger partial charge on any atom is -0.462 e. The van der Waals surface area contributed by atoms with Crippen LogP contribution >= 0.6 is 0 Å². The summed E-state index contributed by atoms with van der Waals surface area (Å²) in [7, 11) is 0. The van der Waals surface area contributed by atoms with E-state index in [1.54, 1.807) is 55.7 Å². The second-order valence-corrected chi connectivity index (χ2v) is 6.32. The topological polar surface area (TPSA) is 83.3 Å². The van der Waals surface area contributed by atoms with Gasteiger partial charge in [-0.25, -0.2) is 9.18 Å². The Balaban J connectivity index is 1.97. The summed E-state index contributed by atoms with van der Waals surface area (Å²) in [6.45, 7) is 2.14. The first kappa shape index (κ1) is 20.7. The predicted octanol–water partition coefficient (Wildman–Crippen LogP) is 4.12. The van der Waals surface area contributed by atoms with Crippen LogP contribution in [0.4, 0.5) is 10.1 Å². The number of ether oxygens (including phenoxy) is 1. The highest BCUT2D eigenvalue weighted by atomic mass is 19.1. The lowest BCUT2D eigenvalue weighted by molar-refractivity contribution is 0.0526. The molecule has 0 aliphatic carbocycles. The maximum Gasteiger partial charge on any atom is 0.338 e. The number of anilines is 1. The van der Waals surface area contributed by atoms with Crippen molar-refractivity contribution in [1.82, 2.24) is 4.98 Å². The number of nitriles is 1. The number of esters is 1. The second kappa shape index (κ2) is 9.43. The van der Waals surface area contributed by atoms with Gasteiger partial charge < -0.3 is 9.64 Å². The van der Waals surface area contributed by atoms with Crippen LogP contribution in [0.25, 0.3) is 0 Å². The number of carbonyl (C=O) groups is 2. The van der Waals surface area contributed by atoms with Crippen molar-refractivity contribution in [3.63, 3.8) is 0 Å². The SMILES string of the molecule is CCOC(=O)c1ccc(N(Cc2ccncc2)C(=O)c2ccc(C#N)cc2F)cc1. The number of pyridine rings is 1. The van der Waals surface area contributed by atoms with Crippen molar-refractivity contribution in [3.05, 3.63) is 95.1 Å². The number of hydrogen-bond donors (Lipinski definition) is 0. The van der Waals surface area contributed by atoms with E-state index >= 15 is 0 Å². The molecule has 6 nitrogen and oxygen atoms in total. The van der Waals surface area contributed by atoms with Crippen molar-refractivity contribution in [2.75, 3.05) is 11.5 Å². The number of benzene rings is 2. The number of nitrogens with zero attached hydrogens (tertiary/aromatic N) is 3. The fourth-order valence-electron chi connectivity index (χ4n) is 2.85. The van der Waals surface area contributed by atoms with Gasteiger partial charge in [0.1, 0.15) is 5.82 Å². The number of rotatable bonds is 6. The Labute approximate surface area is 173 Å². The molecule has 0 fully saturated rings. The summed E-state index contributed by atoms with van der Waals surface area (Å²) < 4.78 is 19.5. The fourth-order valence-corrected chi connectivity index (χ4v) is 2.85. The minimum atomic E-state index is -0.776. The van der Waals surface area contributed by atoms with Gasteiger partial charge in [0.15, 0.2) is 0 Å². The highest BCUT2D eigenvalue weighted by molar-refractivity contribution is 6.06. The lowest BCUT2D eigenvalue weighted by atomic mass is 10.1. The van der Waals surface area contributed by atoms with Gasteiger partial charge in [-0.2, -0.15) is 5.26 Å². The molecule has 1 aromatic heterocycles. The quantitative estimate of drug-likeness (QED) is 0.578. The Hall–Kier alpha value is -4.05. The molecule has 0 spiro atoms. The second-order valence-electron chi connectivity index (χ2n) is 6.32. The Morgan fingerprint density at radius 3 is 2.40 bits per heavy atom. The molecular weight excluding hydrogens is 385 g/mol. The van der Waals surface area contributed by atoms with Gasteiger partial charge in [0.05, 0.1) is 35.9 Å². The minimum absolute atomic E-state index is 0.128. The Kier molecular flexibility index (Phi) is 6.50. The van der Waals surface area contributed by atoms with Gasteiger partial charge in [-0.3, -0.25) is 9.78 Å². The molecule has 0 saturated heterocycles. The van der Waals surface area contributed by atoms with Crippen LogP contribution in [-0.2, 0) is 11.3 Å². The molecule has 0 unspecified atom stereocenters. The van der Waals surface area contributed by atoms with Gasteiger partial charge in [-0.05, 0) is 67.1 Å². The van der Waals surface area contributed by atoms with Crippen LogP contribution in [-0.4, -0.2) is 23.5 Å². The van der Waals surface area contributed by atoms with Crippen LogP contribution in [0.15, 0.2) is 67.0 Å². The summed E-state index contributed by atoms with van der Waals surface area (Å²) in [5, 5.41) is 8.93. The summed E-state index contributed by atoms with van der Waals surface area (Å²) >= 11 is 0. The Morgan fingerprint density at radius 2 is 1.80 bits per heavy atom. The summed E-state index contributed by atoms with van der Waals surface area (Å²) in [6, 6.07) is 15.4. The number of hydrogen-bond acceptors (Lipinski definition) is 5. The van der Waals surface area contributed by atoms with E-state index in [1.807, 2.05) is 6.07 Å². The first-order valence-corrected chi connectivity index (χ1v) is 9.21. The number of halogens is 1. The zero-order valence-corrected chi connectivity index (χ0v) is 16.2. The zero-order valence-electron chi connectivity index (χ0n) is 16.2. The third kappa shape index (κ3) is 4.67. The van der Waals surface area contributed by atoms with Crippen LogP contribution in [0, 0.1) is 17.1 Å². The standard InChI is InChI=1S/C23H18FN3O3/c1-2-30-23(29)18-4-6-19(7-5-18)27(15-16-9-11-26-12-10-16)22(28)20-8-3-17(14-25)13-21(20)24/h3-13H,2,15H2,1H3. The van der Waals surface area contributed by atoms with Crippen molar-refractivity contribution >= 4 is 17.6 Å². The van der Waals surface area contributed by atoms with Gasteiger partial charge in [-0.1, -0.05) is 0 Å². The average molecular weight is 403 g/mol. The van der Waals surface area contributed by atoms with Gasteiger partial charge in [0, 0.05) is 18.1 Å². The van der Waals surface area contributed by atoms with Crippen LogP contribution < -0.4 is 4.90 Å². The average Bonchev–Trinajstić information content (AvgIpc) is 2.78. The van der Waals surface area contributed by atoms with Crippen LogP contribution in [0.2, 0.25) is 0 Å². The first-order valence-electron chi connectivity index (χ1n) is 9.21. The highest BCUT2D eigenvalue weighted by Gasteiger charge is 2.22. The molecule has 7 heteroatoms. The van der Waals surface area contributed by atoms with Crippen LogP contribution in [0.5, 0.6) is 0 Å². The lowest BCUT2D eigenvalue weighted by Gasteiger charge is -2.23. The first-order chi connectivity index (χ1) is 14.5. The molecular formula is C23H18FN3O3. The number of amides is 1. The molecule has 0 atom stereocenters. The monoisotopic (exact) mass is 403 g/mol. The molecule has 0 radical (unpaired) electrons. The van der Waals surface area contributed by atoms with Crippen LogP contribution in [0.3, 0.4) is 0 Å². The predicted molar refractivity (Wildman–Crippen MR) is 108 cm³/mol. The third-order valence-corrected chi connectivity index (χ3v) is 4.35. The van der Waals surface area contributed by atoms with E-state index in [4.69, 9.17) is 10.00 Å². The van der Waals surface area contributed by atoms with Crippen molar-refractivity contribution < 1.29 is 18.7 Å². The van der Waals surface area contributed by atoms with Crippen molar-refractivity contribution in [2.45, 2.75) is 13.5 Å². The van der Waals surface area contributed by atoms with Crippen molar-refractivity contribution in [2.24, 2.45) is 0 Å². The van der Waals surface area contributed by atoms with E-state index in [2.05, 4.69) is 4.98 Å². The zero-order chi connectivity index (χ0) is 21.5. The largest absolute Gasteiger partial charge is 0.462 e. The molecule has 3 rings (SSSR count). The maximum absolute atomic E-state index is 14.5. The molecule has 0 bridgehead atoms. The molecule has 30 heavy (non-hydrogen) atoms. The van der Waals surface area contributed by atoms with Crippen molar-refractivity contribution in [1.29, 1.82) is 5.26 Å². The molecule has 1 heterocycles. The van der Waals surface area contributed by atoms with E-state index in [0.29, 0.717) is 11.3 Å². The normalized spacial score (nSPS) is 10.2. The molecule has 0 aliphatic heterocycles. The summed E-state index contributed by atoms with van der Waals surface area (Å²) in [5.74, 6) is -1.81. The van der Waals surface area contributed by atoms with E-state index in [-0.39, 0.29) is 24.3 Å². The van der Waals surface area contributed by atoms with Gasteiger partial charge in [0.2, 0.25) is 0 Å². The maximum atomic E-state index is 14.5. The third-order valence-electron chi connectivity index (χ3n) is 4.35. The molecule has 150 valence electrons. The van der Waals surface area contributed by atoms with Crippen molar-refractivity contribution in [3.8, 4) is 6.07 Å². The van der Waals surface area contributed by atoms with Crippen LogP contribution in [0.1, 0.15) is 38.8 Å². The number of aromatic nitrogens is 1. The van der Waals surface area contributed by atoms with Gasteiger partial charge in [0.25, 0.3) is 5.91 Å².